The molecule has 0 bridgehead atoms. The molecule has 6 heteroatoms. The second-order valence-corrected chi connectivity index (χ2v) is 6.51. The molecule has 1 aromatic carbocycles. The summed E-state index contributed by atoms with van der Waals surface area (Å²) in [6.45, 7) is 6.59. The van der Waals surface area contributed by atoms with Crippen molar-refractivity contribution < 1.29 is 14.3 Å². The third-order valence-corrected chi connectivity index (χ3v) is 4.27. The molecule has 132 valence electrons. The molecule has 0 spiro atoms. The van der Waals surface area contributed by atoms with Crippen LogP contribution in [0.15, 0.2) is 18.2 Å². The van der Waals surface area contributed by atoms with E-state index in [4.69, 9.17) is 4.74 Å². The summed E-state index contributed by atoms with van der Waals surface area (Å²) < 4.78 is 5.57. The zero-order valence-electron chi connectivity index (χ0n) is 14.9. The first-order valence-electron chi connectivity index (χ1n) is 8.37. The van der Waals surface area contributed by atoms with Gasteiger partial charge in [-0.2, -0.15) is 0 Å². The number of nitrogens with one attached hydrogen (secondary N) is 2. The molecule has 0 aromatic heterocycles. The average molecular weight is 333 g/mol. The summed E-state index contributed by atoms with van der Waals surface area (Å²) in [6.07, 6.45) is 2.04. The monoisotopic (exact) mass is 333 g/mol. The second-order valence-electron chi connectivity index (χ2n) is 6.51. The largest absolute Gasteiger partial charge is 0.376 e. The Hall–Kier alpha value is -2.08. The molecule has 1 aliphatic rings. The van der Waals surface area contributed by atoms with Gasteiger partial charge in [-0.25, -0.2) is 4.79 Å². The molecule has 1 saturated heterocycles. The Bertz CT molecular complexity index is 597. The van der Waals surface area contributed by atoms with E-state index in [-0.39, 0.29) is 30.6 Å². The van der Waals surface area contributed by atoms with Gasteiger partial charge in [-0.3, -0.25) is 4.79 Å². The van der Waals surface area contributed by atoms with Gasteiger partial charge in [-0.1, -0.05) is 12.1 Å². The molecule has 1 aliphatic heterocycles. The quantitative estimate of drug-likeness (QED) is 0.869. The summed E-state index contributed by atoms with van der Waals surface area (Å²) in [4.78, 5) is 25.8. The fraction of sp³-hybridized carbons (Fsp3) is 0.556. The van der Waals surface area contributed by atoms with Crippen LogP contribution in [-0.2, 0) is 9.53 Å². The van der Waals surface area contributed by atoms with E-state index in [1.54, 1.807) is 7.05 Å². The lowest BCUT2D eigenvalue weighted by atomic mass is 10.1. The highest BCUT2D eigenvalue weighted by molar-refractivity contribution is 5.95. The molecule has 0 aliphatic carbocycles. The lowest BCUT2D eigenvalue weighted by molar-refractivity contribution is -0.116. The van der Waals surface area contributed by atoms with Crippen LogP contribution in [-0.4, -0.2) is 49.2 Å². The topological polar surface area (TPSA) is 70.7 Å². The van der Waals surface area contributed by atoms with E-state index >= 15 is 0 Å². The Morgan fingerprint density at radius 2 is 2.12 bits per heavy atom. The minimum absolute atomic E-state index is 0.00252. The summed E-state index contributed by atoms with van der Waals surface area (Å²) >= 11 is 0. The predicted molar refractivity (Wildman–Crippen MR) is 94.1 cm³/mol. The summed E-state index contributed by atoms with van der Waals surface area (Å²) in [5.74, 6) is -0.217. The van der Waals surface area contributed by atoms with Crippen molar-refractivity contribution in [3.63, 3.8) is 0 Å². The lowest BCUT2D eigenvalue weighted by Gasteiger charge is -2.24. The highest BCUT2D eigenvalue weighted by Crippen LogP contribution is 2.17. The molecule has 2 N–H and O–H groups in total. The SMILES string of the molecule is Cc1ccc(C)c(NC(=O)CN(C)C(=O)NC(C)C2CCCO2)c1. The maximum Gasteiger partial charge on any atom is 0.317 e. The third kappa shape index (κ3) is 4.96. The zero-order valence-corrected chi connectivity index (χ0v) is 14.9. The van der Waals surface area contributed by atoms with Gasteiger partial charge in [0.2, 0.25) is 5.91 Å². The molecule has 1 aromatic rings. The number of likely N-dealkylation sites (N-methyl/N-ethyl adjacent to an activating group) is 1. The fourth-order valence-electron chi connectivity index (χ4n) is 2.74. The number of benzene rings is 1. The van der Waals surface area contributed by atoms with E-state index in [0.29, 0.717) is 0 Å². The second kappa shape index (κ2) is 8.15. The van der Waals surface area contributed by atoms with Crippen molar-refractivity contribution >= 4 is 17.6 Å². The molecular formula is C18H27N3O3. The van der Waals surface area contributed by atoms with Crippen molar-refractivity contribution in [2.45, 2.75) is 45.8 Å². The van der Waals surface area contributed by atoms with Crippen molar-refractivity contribution in [1.82, 2.24) is 10.2 Å². The van der Waals surface area contributed by atoms with Crippen molar-refractivity contribution in [2.24, 2.45) is 0 Å². The summed E-state index contributed by atoms with van der Waals surface area (Å²) in [7, 11) is 1.61. The van der Waals surface area contributed by atoms with E-state index < -0.39 is 0 Å². The molecule has 2 atom stereocenters. The summed E-state index contributed by atoms with van der Waals surface area (Å²) in [5.41, 5.74) is 2.85. The molecule has 6 nitrogen and oxygen atoms in total. The first-order valence-corrected chi connectivity index (χ1v) is 8.37. The van der Waals surface area contributed by atoms with Crippen molar-refractivity contribution in [3.05, 3.63) is 29.3 Å². The highest BCUT2D eigenvalue weighted by atomic mass is 16.5. The number of amides is 3. The van der Waals surface area contributed by atoms with Crippen molar-refractivity contribution in [2.75, 3.05) is 25.5 Å². The summed E-state index contributed by atoms with van der Waals surface area (Å²) in [6, 6.07) is 5.55. The van der Waals surface area contributed by atoms with Crippen LogP contribution in [0.25, 0.3) is 0 Å². The summed E-state index contributed by atoms with van der Waals surface area (Å²) in [5, 5.41) is 5.75. The van der Waals surface area contributed by atoms with Crippen LogP contribution < -0.4 is 10.6 Å². The van der Waals surface area contributed by atoms with Crippen molar-refractivity contribution in [3.8, 4) is 0 Å². The van der Waals surface area contributed by atoms with Crippen LogP contribution in [0, 0.1) is 13.8 Å². The number of rotatable bonds is 5. The number of urea groups is 1. The Morgan fingerprint density at radius 1 is 1.38 bits per heavy atom. The normalized spacial score (nSPS) is 18.1. The van der Waals surface area contributed by atoms with Crippen LogP contribution in [0.1, 0.15) is 30.9 Å². The fourth-order valence-corrected chi connectivity index (χ4v) is 2.74. The van der Waals surface area contributed by atoms with Gasteiger partial charge in [0.15, 0.2) is 0 Å². The smallest absolute Gasteiger partial charge is 0.317 e. The standard InChI is InChI=1S/C18H27N3O3/c1-12-7-8-13(2)15(10-12)20-17(22)11-21(4)18(23)19-14(3)16-6-5-9-24-16/h7-8,10,14,16H,5-6,9,11H2,1-4H3,(H,19,23)(H,20,22). The maximum atomic E-state index is 12.2. The number of aryl methyl sites for hydroxylation is 2. The Balaban J connectivity index is 1.84. The van der Waals surface area contributed by atoms with Gasteiger partial charge in [0.1, 0.15) is 6.54 Å². The first kappa shape index (κ1) is 18.3. The van der Waals surface area contributed by atoms with Crippen LogP contribution in [0.2, 0.25) is 0 Å². The zero-order chi connectivity index (χ0) is 17.7. The molecule has 2 unspecified atom stereocenters. The third-order valence-electron chi connectivity index (χ3n) is 4.27. The van der Waals surface area contributed by atoms with Crippen molar-refractivity contribution in [1.29, 1.82) is 0 Å². The van der Waals surface area contributed by atoms with E-state index in [1.807, 2.05) is 39.0 Å². The van der Waals surface area contributed by atoms with Gasteiger partial charge >= 0.3 is 6.03 Å². The van der Waals surface area contributed by atoms with Crippen LogP contribution >= 0.6 is 0 Å². The van der Waals surface area contributed by atoms with Gasteiger partial charge in [-0.05, 0) is 50.8 Å². The first-order chi connectivity index (χ1) is 11.4. The number of hydrogen-bond acceptors (Lipinski definition) is 3. The molecule has 3 amide bonds. The molecule has 0 radical (unpaired) electrons. The molecule has 0 saturated carbocycles. The Labute approximate surface area is 143 Å². The highest BCUT2D eigenvalue weighted by Gasteiger charge is 2.25. The van der Waals surface area contributed by atoms with Gasteiger partial charge in [0, 0.05) is 19.3 Å². The van der Waals surface area contributed by atoms with Gasteiger partial charge in [0.25, 0.3) is 0 Å². The predicted octanol–water partition coefficient (Wildman–Crippen LogP) is 2.45. The molecule has 1 fully saturated rings. The lowest BCUT2D eigenvalue weighted by Crippen LogP contribution is -2.48. The van der Waals surface area contributed by atoms with Gasteiger partial charge in [0.05, 0.1) is 12.1 Å². The maximum absolute atomic E-state index is 12.2. The number of nitrogens with zero attached hydrogens (tertiary/aromatic N) is 1. The Kier molecular flexibility index (Phi) is 6.20. The van der Waals surface area contributed by atoms with Gasteiger partial charge < -0.3 is 20.3 Å². The number of anilines is 1. The van der Waals surface area contributed by atoms with E-state index in [2.05, 4.69) is 10.6 Å². The molecule has 2 rings (SSSR count). The van der Waals surface area contributed by atoms with Crippen LogP contribution in [0.3, 0.4) is 0 Å². The number of carbonyl (C=O) groups excluding carboxylic acids is 2. The molecule has 1 heterocycles. The number of hydrogen-bond donors (Lipinski definition) is 2. The minimum atomic E-state index is -0.269. The molecule has 24 heavy (non-hydrogen) atoms. The van der Waals surface area contributed by atoms with Crippen LogP contribution in [0.4, 0.5) is 10.5 Å². The van der Waals surface area contributed by atoms with Crippen LogP contribution in [0.5, 0.6) is 0 Å². The number of carbonyl (C=O) groups is 2. The van der Waals surface area contributed by atoms with E-state index in [0.717, 1.165) is 36.3 Å². The van der Waals surface area contributed by atoms with E-state index in [9.17, 15) is 9.59 Å². The number of ether oxygens (including phenoxy) is 1. The van der Waals surface area contributed by atoms with E-state index in [1.165, 1.54) is 4.90 Å². The average Bonchev–Trinajstić information content (AvgIpc) is 3.05. The minimum Gasteiger partial charge on any atom is -0.376 e. The van der Waals surface area contributed by atoms with Gasteiger partial charge in [-0.15, -0.1) is 0 Å². The Morgan fingerprint density at radius 3 is 2.79 bits per heavy atom. The molecular weight excluding hydrogens is 306 g/mol.